The highest BCUT2D eigenvalue weighted by molar-refractivity contribution is 5.92. The lowest BCUT2D eigenvalue weighted by molar-refractivity contribution is -0.369. The van der Waals surface area contributed by atoms with Crippen molar-refractivity contribution in [2.75, 3.05) is 27.2 Å². The largest absolute Gasteiger partial charge is 0.440 e. The normalized spacial score (nSPS) is 45.8. The van der Waals surface area contributed by atoms with Crippen molar-refractivity contribution >= 4 is 11.9 Å². The highest BCUT2D eigenvalue weighted by atomic mass is 16.6. The average molecular weight is 483 g/mol. The number of ketones is 1. The second-order valence-electron chi connectivity index (χ2n) is 11.9. The number of carbonyl (C=O) groups excluding carboxylic acids is 2. The van der Waals surface area contributed by atoms with Crippen LogP contribution >= 0.6 is 0 Å². The number of aliphatic hydroxyl groups is 3. The number of alkyl carbamates (subject to hydrolysis) is 1. The molecule has 2 aliphatic carbocycles. The Labute approximate surface area is 202 Å². The molecule has 9 nitrogen and oxygen atoms in total. The standard InChI is InChI=1S/C25H42N2O7/c1-9-22(4)14-16(29)25(32)23(5)15(28)10-11-21(2,3)18(23)17(30)19(24(25,6)34-22)33-20(31)26-12-13-27(7)8/h9,15,17-19,28,30,32H,1,10-14H2,2-8H3,(H,26,31)/t15-,17-,18-,19-,22-,23-,24+,25-/m0/s1. The first-order valence-electron chi connectivity index (χ1n) is 12.0. The smallest absolute Gasteiger partial charge is 0.407 e. The Kier molecular flexibility index (Phi) is 6.81. The van der Waals surface area contributed by atoms with Gasteiger partial charge in [0.15, 0.2) is 17.5 Å². The molecule has 4 N–H and O–H groups in total. The average Bonchev–Trinajstić information content (AvgIpc) is 2.71. The number of likely N-dealkylation sites (N-methyl/N-ethyl adjacent to an activating group) is 1. The molecular weight excluding hydrogens is 440 g/mol. The van der Waals surface area contributed by atoms with Gasteiger partial charge in [0, 0.05) is 30.8 Å². The van der Waals surface area contributed by atoms with Gasteiger partial charge in [-0.3, -0.25) is 4.79 Å². The molecule has 0 aromatic carbocycles. The van der Waals surface area contributed by atoms with Crippen LogP contribution in [0.4, 0.5) is 4.79 Å². The predicted octanol–water partition coefficient (Wildman–Crippen LogP) is 1.24. The summed E-state index contributed by atoms with van der Waals surface area (Å²) in [4.78, 5) is 28.5. The van der Waals surface area contributed by atoms with Crippen molar-refractivity contribution in [1.82, 2.24) is 10.2 Å². The van der Waals surface area contributed by atoms with Crippen LogP contribution < -0.4 is 5.32 Å². The number of aliphatic hydroxyl groups excluding tert-OH is 2. The van der Waals surface area contributed by atoms with E-state index in [0.717, 1.165) is 0 Å². The van der Waals surface area contributed by atoms with Crippen LogP contribution in [0.1, 0.15) is 53.9 Å². The molecule has 194 valence electrons. The summed E-state index contributed by atoms with van der Waals surface area (Å²) < 4.78 is 12.1. The summed E-state index contributed by atoms with van der Waals surface area (Å²) in [6.45, 7) is 13.4. The van der Waals surface area contributed by atoms with E-state index in [9.17, 15) is 24.9 Å². The maximum absolute atomic E-state index is 13.8. The van der Waals surface area contributed by atoms with Crippen molar-refractivity contribution in [2.24, 2.45) is 16.7 Å². The van der Waals surface area contributed by atoms with Gasteiger partial charge >= 0.3 is 6.09 Å². The van der Waals surface area contributed by atoms with Gasteiger partial charge in [0.2, 0.25) is 0 Å². The fourth-order valence-corrected chi connectivity index (χ4v) is 7.02. The van der Waals surface area contributed by atoms with Crippen LogP contribution in [0.25, 0.3) is 0 Å². The van der Waals surface area contributed by atoms with E-state index < -0.39 is 63.7 Å². The van der Waals surface area contributed by atoms with Gasteiger partial charge in [-0.25, -0.2) is 4.79 Å². The molecule has 3 fully saturated rings. The first-order valence-corrected chi connectivity index (χ1v) is 12.0. The maximum atomic E-state index is 13.8. The van der Waals surface area contributed by atoms with Gasteiger partial charge in [-0.05, 0) is 46.2 Å². The summed E-state index contributed by atoms with van der Waals surface area (Å²) in [6, 6.07) is 0. The number of hydrogen-bond acceptors (Lipinski definition) is 8. The van der Waals surface area contributed by atoms with Gasteiger partial charge in [-0.2, -0.15) is 0 Å². The predicted molar refractivity (Wildman–Crippen MR) is 126 cm³/mol. The summed E-state index contributed by atoms with van der Waals surface area (Å²) in [5.74, 6) is -1.27. The number of ether oxygens (including phenoxy) is 2. The Morgan fingerprint density at radius 3 is 2.44 bits per heavy atom. The minimum absolute atomic E-state index is 0.157. The van der Waals surface area contributed by atoms with Crippen molar-refractivity contribution in [3.63, 3.8) is 0 Å². The Morgan fingerprint density at radius 2 is 1.88 bits per heavy atom. The molecule has 34 heavy (non-hydrogen) atoms. The molecule has 0 aromatic heterocycles. The lowest BCUT2D eigenvalue weighted by Gasteiger charge is -2.71. The number of hydrogen-bond donors (Lipinski definition) is 4. The third kappa shape index (κ3) is 3.71. The van der Waals surface area contributed by atoms with E-state index in [-0.39, 0.29) is 6.42 Å². The molecule has 8 atom stereocenters. The van der Waals surface area contributed by atoms with E-state index in [4.69, 9.17) is 9.47 Å². The number of Topliss-reactive ketones (excluding diaryl/α,β-unsaturated/α-hetero) is 1. The summed E-state index contributed by atoms with van der Waals surface area (Å²) in [5, 5.41) is 38.0. The van der Waals surface area contributed by atoms with Crippen LogP contribution in [0.15, 0.2) is 12.7 Å². The van der Waals surface area contributed by atoms with Gasteiger partial charge in [0.1, 0.15) is 5.60 Å². The number of nitrogens with zero attached hydrogens (tertiary/aromatic N) is 1. The van der Waals surface area contributed by atoms with Gasteiger partial charge in [0.25, 0.3) is 0 Å². The number of fused-ring (bicyclic) bond motifs is 3. The number of nitrogens with one attached hydrogen (secondary N) is 1. The monoisotopic (exact) mass is 482 g/mol. The van der Waals surface area contributed by atoms with Crippen LogP contribution in [0.5, 0.6) is 0 Å². The maximum Gasteiger partial charge on any atom is 0.407 e. The van der Waals surface area contributed by atoms with Crippen molar-refractivity contribution in [3.05, 3.63) is 12.7 Å². The van der Waals surface area contributed by atoms with Gasteiger partial charge in [-0.1, -0.05) is 26.8 Å². The Balaban J connectivity index is 2.14. The molecule has 1 heterocycles. The van der Waals surface area contributed by atoms with Crippen LogP contribution in [-0.2, 0) is 14.3 Å². The van der Waals surface area contributed by atoms with E-state index in [2.05, 4.69) is 11.9 Å². The van der Waals surface area contributed by atoms with E-state index in [1.54, 1.807) is 13.8 Å². The Bertz CT molecular complexity index is 847. The highest BCUT2D eigenvalue weighted by Gasteiger charge is 2.81. The molecule has 0 radical (unpaired) electrons. The Hall–Kier alpha value is -1.52. The second kappa shape index (κ2) is 8.55. The number of amides is 1. The fourth-order valence-electron chi connectivity index (χ4n) is 7.02. The minimum atomic E-state index is -2.22. The third-order valence-corrected chi connectivity index (χ3v) is 8.79. The molecule has 1 amide bonds. The highest BCUT2D eigenvalue weighted by Crippen LogP contribution is 2.67. The molecule has 0 spiro atoms. The van der Waals surface area contributed by atoms with Crippen LogP contribution in [-0.4, -0.2) is 94.4 Å². The van der Waals surface area contributed by atoms with Crippen molar-refractivity contribution in [3.8, 4) is 0 Å². The molecule has 9 heteroatoms. The van der Waals surface area contributed by atoms with Crippen LogP contribution in [0, 0.1) is 16.7 Å². The minimum Gasteiger partial charge on any atom is -0.440 e. The topological polar surface area (TPSA) is 129 Å². The van der Waals surface area contributed by atoms with Gasteiger partial charge in [-0.15, -0.1) is 6.58 Å². The summed E-state index contributed by atoms with van der Waals surface area (Å²) in [7, 11) is 3.74. The van der Waals surface area contributed by atoms with E-state index in [1.165, 1.54) is 13.0 Å². The third-order valence-electron chi connectivity index (χ3n) is 8.79. The SMILES string of the molecule is C=C[C@@]1(C)CC(=O)[C@]2(O)[C@@]3(C)[C@@H](O)CCC(C)(C)[C@@H]3[C@H](O)[C@H](OC(=O)NCCN(C)C)[C@@]2(C)O1. The zero-order valence-electron chi connectivity index (χ0n) is 21.6. The van der Waals surface area contributed by atoms with Gasteiger partial charge < -0.3 is 35.0 Å². The molecular formula is C25H42N2O7. The van der Waals surface area contributed by atoms with Crippen LogP contribution in [0.2, 0.25) is 0 Å². The zero-order chi connectivity index (χ0) is 25.9. The lowest BCUT2D eigenvalue weighted by atomic mass is 9.40. The molecule has 1 saturated heterocycles. The van der Waals surface area contributed by atoms with Crippen LogP contribution in [0.3, 0.4) is 0 Å². The number of carbonyl (C=O) groups is 2. The molecule has 0 bridgehead atoms. The van der Waals surface area contributed by atoms with Crippen molar-refractivity contribution in [2.45, 2.75) is 89.0 Å². The van der Waals surface area contributed by atoms with Crippen molar-refractivity contribution < 1.29 is 34.4 Å². The summed E-state index contributed by atoms with van der Waals surface area (Å²) in [6.07, 6.45) is -2.29. The first kappa shape index (κ1) is 27.1. The van der Waals surface area contributed by atoms with Crippen molar-refractivity contribution in [1.29, 1.82) is 0 Å². The lowest BCUT2D eigenvalue weighted by Crippen LogP contribution is -2.86. The fraction of sp³-hybridized carbons (Fsp3) is 0.840. The van der Waals surface area contributed by atoms with E-state index in [0.29, 0.717) is 25.9 Å². The van der Waals surface area contributed by atoms with E-state index >= 15 is 0 Å². The zero-order valence-corrected chi connectivity index (χ0v) is 21.6. The quantitative estimate of drug-likeness (QED) is 0.431. The molecule has 0 aromatic rings. The molecule has 1 aliphatic heterocycles. The first-order chi connectivity index (χ1) is 15.5. The summed E-state index contributed by atoms with van der Waals surface area (Å²) in [5.41, 5.74) is -7.23. The summed E-state index contributed by atoms with van der Waals surface area (Å²) >= 11 is 0. The molecule has 0 unspecified atom stereocenters. The van der Waals surface area contributed by atoms with Gasteiger partial charge in [0.05, 0.1) is 17.8 Å². The number of rotatable bonds is 5. The molecule has 3 aliphatic rings. The Morgan fingerprint density at radius 1 is 1.26 bits per heavy atom. The van der Waals surface area contributed by atoms with E-state index in [1.807, 2.05) is 32.8 Å². The molecule has 3 rings (SSSR count). The molecule has 2 saturated carbocycles. The second-order valence-corrected chi connectivity index (χ2v) is 11.9.